The molecule has 0 spiro atoms. The molecule has 15 nitrogen and oxygen atoms in total. The van der Waals surface area contributed by atoms with Crippen molar-refractivity contribution in [3.8, 4) is 5.75 Å². The number of thioether (sulfide) groups is 1. The third kappa shape index (κ3) is 30.9. The second kappa shape index (κ2) is 38.9. The van der Waals surface area contributed by atoms with Gasteiger partial charge in [-0.3, -0.25) is 33.6 Å². The first-order valence-corrected chi connectivity index (χ1v) is 26.8. The predicted molar refractivity (Wildman–Crippen MR) is 270 cm³/mol. The van der Waals surface area contributed by atoms with Crippen molar-refractivity contribution >= 4 is 52.9 Å². The van der Waals surface area contributed by atoms with Gasteiger partial charge in [-0.1, -0.05) is 109 Å². The number of benzene rings is 1. The van der Waals surface area contributed by atoms with E-state index < -0.39 is 59.8 Å². The number of amides is 5. The molecule has 1 aromatic carbocycles. The lowest BCUT2D eigenvalue weighted by atomic mass is 9.89. The third-order valence-corrected chi connectivity index (χ3v) is 12.8. The molecule has 0 heterocycles. The molecular weight excluding hydrogens is 871 g/mol. The molecule has 0 aliphatic heterocycles. The van der Waals surface area contributed by atoms with Crippen LogP contribution in [-0.2, 0) is 40.0 Å². The Hall–Kier alpha value is -4.02. The van der Waals surface area contributed by atoms with Gasteiger partial charge in [-0.15, -0.1) is 0 Å². The molecule has 16 heteroatoms. The number of primary amides is 1. The lowest BCUT2D eigenvalue weighted by molar-refractivity contribution is -0.134. The molecule has 0 bridgehead atoms. The molecule has 0 fully saturated rings. The summed E-state index contributed by atoms with van der Waals surface area (Å²) in [5.74, 6) is -4.28. The van der Waals surface area contributed by atoms with Crippen molar-refractivity contribution < 1.29 is 38.7 Å². The van der Waals surface area contributed by atoms with E-state index in [1.165, 1.54) is 81.7 Å². The van der Waals surface area contributed by atoms with Gasteiger partial charge in [0.2, 0.25) is 29.5 Å². The van der Waals surface area contributed by atoms with Gasteiger partial charge in [0, 0.05) is 43.6 Å². The van der Waals surface area contributed by atoms with Crippen molar-refractivity contribution in [2.45, 2.75) is 199 Å². The molecule has 0 radical (unpaired) electrons. The summed E-state index contributed by atoms with van der Waals surface area (Å²) in [4.78, 5) is 93.4. The van der Waals surface area contributed by atoms with Crippen LogP contribution in [0, 0.1) is 11.8 Å². The summed E-state index contributed by atoms with van der Waals surface area (Å²) < 4.78 is 0. The van der Waals surface area contributed by atoms with Crippen LogP contribution in [0.2, 0.25) is 0 Å². The van der Waals surface area contributed by atoms with Crippen molar-refractivity contribution in [1.29, 1.82) is 0 Å². The number of rotatable bonds is 43. The maximum Gasteiger partial charge on any atom is 0.242 e. The fourth-order valence-corrected chi connectivity index (χ4v) is 8.54. The molecule has 0 saturated carbocycles. The summed E-state index contributed by atoms with van der Waals surface area (Å²) in [6.07, 6.45) is 21.5. The number of Topliss-reactive ketones (excluding diaryl/α,β-unsaturated/α-hetero) is 2. The van der Waals surface area contributed by atoms with Crippen molar-refractivity contribution in [1.82, 2.24) is 21.3 Å². The summed E-state index contributed by atoms with van der Waals surface area (Å²) in [7, 11) is 0. The van der Waals surface area contributed by atoms with Crippen LogP contribution in [0.25, 0.3) is 0 Å². The Morgan fingerprint density at radius 2 is 1.18 bits per heavy atom. The standard InChI is InChI=1S/C51H89N7O8S/c1-4-5-6-7-8-9-10-11-12-13-14-15-16-23-48(63)57-45(30-33-67-3)51(66)55-37-43(60)35-41(34-39-24-26-42(59)27-25-39)50(65)58-44(28-29-47(54)62)46(61)36-40(22-18-20-32-53)49(64)56-38(2)21-17-19-31-52/h24-27,38,40-41,44-45,59H,4-23,28-37,52-53H2,1-3H3,(H2,54,62)(H,55,66)(H,56,64)(H,57,63)(H,58,65)/t38-,40-,41-,44+,45+/m1/s1. The summed E-state index contributed by atoms with van der Waals surface area (Å²) in [5.41, 5.74) is 17.5. The number of aromatic hydroxyl groups is 1. The highest BCUT2D eigenvalue weighted by Gasteiger charge is 2.31. The van der Waals surface area contributed by atoms with Crippen LogP contribution in [0.5, 0.6) is 5.75 Å². The molecule has 0 aliphatic carbocycles. The van der Waals surface area contributed by atoms with Crippen molar-refractivity contribution in [2.75, 3.05) is 31.6 Å². The maximum absolute atomic E-state index is 14.1. The highest BCUT2D eigenvalue weighted by Crippen LogP contribution is 2.21. The molecule has 5 amide bonds. The second-order valence-electron chi connectivity index (χ2n) is 18.3. The van der Waals surface area contributed by atoms with Gasteiger partial charge < -0.3 is 43.6 Å². The van der Waals surface area contributed by atoms with Gasteiger partial charge in [0.25, 0.3) is 0 Å². The van der Waals surface area contributed by atoms with Gasteiger partial charge in [0.15, 0.2) is 11.6 Å². The number of nitrogens with two attached hydrogens (primary N) is 3. The van der Waals surface area contributed by atoms with Crippen molar-refractivity contribution in [3.05, 3.63) is 29.8 Å². The number of unbranched alkanes of at least 4 members (excludes halogenated alkanes) is 14. The highest BCUT2D eigenvalue weighted by molar-refractivity contribution is 7.98. The van der Waals surface area contributed by atoms with E-state index in [4.69, 9.17) is 17.2 Å². The molecule has 1 rings (SSSR count). The minimum Gasteiger partial charge on any atom is -0.508 e. The first-order chi connectivity index (χ1) is 32.2. The van der Waals surface area contributed by atoms with Crippen LogP contribution in [-0.4, -0.2) is 96.0 Å². The molecule has 67 heavy (non-hydrogen) atoms. The van der Waals surface area contributed by atoms with E-state index in [2.05, 4.69) is 28.2 Å². The van der Waals surface area contributed by atoms with Gasteiger partial charge in [0.05, 0.1) is 12.6 Å². The topological polar surface area (TPSA) is 266 Å². The molecule has 0 saturated heterocycles. The van der Waals surface area contributed by atoms with Crippen LogP contribution in [0.15, 0.2) is 24.3 Å². The molecule has 0 aliphatic rings. The van der Waals surface area contributed by atoms with Gasteiger partial charge >= 0.3 is 0 Å². The lowest BCUT2D eigenvalue weighted by Crippen LogP contribution is -2.49. The molecule has 5 atom stereocenters. The zero-order chi connectivity index (χ0) is 49.7. The Morgan fingerprint density at radius 3 is 1.75 bits per heavy atom. The summed E-state index contributed by atoms with van der Waals surface area (Å²) in [6.45, 7) is 4.72. The zero-order valence-electron chi connectivity index (χ0n) is 41.4. The largest absolute Gasteiger partial charge is 0.508 e. The van der Waals surface area contributed by atoms with Gasteiger partial charge in [-0.05, 0) is 101 Å². The fourth-order valence-electron chi connectivity index (χ4n) is 8.07. The number of phenols is 1. The highest BCUT2D eigenvalue weighted by atomic mass is 32.2. The molecule has 1 aromatic rings. The Balaban J connectivity index is 2.98. The molecule has 0 unspecified atom stereocenters. The van der Waals surface area contributed by atoms with E-state index in [9.17, 15) is 38.7 Å². The third-order valence-electron chi connectivity index (χ3n) is 12.2. The number of nitrogens with one attached hydrogen (secondary N) is 4. The number of hydrogen-bond donors (Lipinski definition) is 8. The Labute approximate surface area is 406 Å². The molecule has 0 aromatic heterocycles. The Morgan fingerprint density at radius 1 is 0.612 bits per heavy atom. The number of phenolic OH excluding ortho intramolecular Hbond substituents is 1. The first kappa shape index (κ1) is 61.0. The number of carbonyl (C=O) groups is 7. The van der Waals surface area contributed by atoms with Crippen LogP contribution >= 0.6 is 11.8 Å². The molecule has 11 N–H and O–H groups in total. The molecule has 382 valence electrons. The van der Waals surface area contributed by atoms with Crippen LogP contribution in [0.4, 0.5) is 0 Å². The number of ketones is 2. The number of carbonyl (C=O) groups excluding carboxylic acids is 7. The lowest BCUT2D eigenvalue weighted by Gasteiger charge is -2.25. The SMILES string of the molecule is CCCCCCCCCCCCCCCC(=O)N[C@@H](CCSC)C(=O)NCC(=O)C[C@@H](Cc1ccc(O)cc1)C(=O)N[C@@H](CCC(N)=O)C(=O)C[C@@H](CCCCN)C(=O)N[C@H](C)CCCCN. The average Bonchev–Trinajstić information content (AvgIpc) is 3.29. The first-order valence-electron chi connectivity index (χ1n) is 25.4. The fraction of sp³-hybridized carbons (Fsp3) is 0.745. The van der Waals surface area contributed by atoms with Crippen molar-refractivity contribution in [3.63, 3.8) is 0 Å². The normalized spacial score (nSPS) is 13.4. The summed E-state index contributed by atoms with van der Waals surface area (Å²) in [5, 5.41) is 21.2. The summed E-state index contributed by atoms with van der Waals surface area (Å²) >= 11 is 1.54. The van der Waals surface area contributed by atoms with E-state index in [1.54, 1.807) is 12.1 Å². The molecular formula is C51H89N7O8S. The second-order valence-corrected chi connectivity index (χ2v) is 19.3. The summed E-state index contributed by atoms with van der Waals surface area (Å²) in [6, 6.07) is 4.02. The smallest absolute Gasteiger partial charge is 0.242 e. The quantitative estimate of drug-likeness (QED) is 0.0331. The predicted octanol–water partition coefficient (Wildman–Crippen LogP) is 6.43. The van der Waals surface area contributed by atoms with Crippen LogP contribution < -0.4 is 38.5 Å². The van der Waals surface area contributed by atoms with Gasteiger partial charge in [-0.25, -0.2) is 0 Å². The van der Waals surface area contributed by atoms with E-state index in [-0.39, 0.29) is 55.7 Å². The monoisotopic (exact) mass is 960 g/mol. The minimum atomic E-state index is -1.18. The Kier molecular flexibility index (Phi) is 35.4. The van der Waals surface area contributed by atoms with Gasteiger partial charge in [0.1, 0.15) is 11.8 Å². The minimum absolute atomic E-state index is 0.0168. The van der Waals surface area contributed by atoms with E-state index in [0.29, 0.717) is 56.5 Å². The van der Waals surface area contributed by atoms with E-state index in [0.717, 1.165) is 44.9 Å². The van der Waals surface area contributed by atoms with Crippen molar-refractivity contribution in [2.24, 2.45) is 29.0 Å². The Bertz CT molecular complexity index is 1570. The number of hydrogen-bond acceptors (Lipinski definition) is 11. The van der Waals surface area contributed by atoms with E-state index >= 15 is 0 Å². The van der Waals surface area contributed by atoms with Crippen LogP contribution in [0.1, 0.15) is 180 Å². The maximum atomic E-state index is 14.1. The average molecular weight is 960 g/mol. The van der Waals surface area contributed by atoms with Gasteiger partial charge in [-0.2, -0.15) is 11.8 Å². The van der Waals surface area contributed by atoms with Crippen LogP contribution in [0.3, 0.4) is 0 Å². The zero-order valence-corrected chi connectivity index (χ0v) is 42.2. The van der Waals surface area contributed by atoms with E-state index in [1.807, 2.05) is 13.2 Å².